The van der Waals surface area contributed by atoms with Gasteiger partial charge >= 0.3 is 12.1 Å². The summed E-state index contributed by atoms with van der Waals surface area (Å²) in [6, 6.07) is 9.60. The smallest absolute Gasteiger partial charge is 0.418 e. The number of ether oxygens (including phenoxy) is 3. The summed E-state index contributed by atoms with van der Waals surface area (Å²) in [7, 11) is 0. The van der Waals surface area contributed by atoms with Crippen molar-refractivity contribution in [1.29, 1.82) is 0 Å². The molecule has 31 heavy (non-hydrogen) atoms. The Bertz CT molecular complexity index is 1010. The topological polar surface area (TPSA) is 95.5 Å². The predicted octanol–water partition coefficient (Wildman–Crippen LogP) is 3.36. The third-order valence-electron chi connectivity index (χ3n) is 4.05. The normalized spacial score (nSPS) is 13.0. The van der Waals surface area contributed by atoms with Crippen molar-refractivity contribution in [3.8, 4) is 11.5 Å². The van der Waals surface area contributed by atoms with E-state index in [0.717, 1.165) is 12.1 Å². The van der Waals surface area contributed by atoms with Gasteiger partial charge in [0.2, 0.25) is 13.4 Å². The van der Waals surface area contributed by atoms with Crippen LogP contribution in [0.1, 0.15) is 18.1 Å². The molecule has 8 nitrogen and oxygen atoms in total. The number of fused-ring (bicyclic) bond motifs is 1. The first kappa shape index (κ1) is 21.9. The monoisotopic (exact) mass is 438 g/mol. The van der Waals surface area contributed by atoms with Crippen LogP contribution in [0, 0.1) is 0 Å². The number of benzene rings is 2. The van der Waals surface area contributed by atoms with Gasteiger partial charge in [0.05, 0.1) is 17.0 Å². The van der Waals surface area contributed by atoms with Gasteiger partial charge in [-0.25, -0.2) is 4.79 Å². The van der Waals surface area contributed by atoms with E-state index in [2.05, 4.69) is 15.2 Å². The van der Waals surface area contributed by atoms with Crippen molar-refractivity contribution in [3.05, 3.63) is 53.6 Å². The van der Waals surface area contributed by atoms with Crippen LogP contribution in [-0.2, 0) is 25.3 Å². The highest BCUT2D eigenvalue weighted by Gasteiger charge is 2.33. The highest BCUT2D eigenvalue weighted by Crippen LogP contribution is 2.34. The molecule has 0 radical (unpaired) electrons. The summed E-state index contributed by atoms with van der Waals surface area (Å²) in [4.78, 5) is 28.4. The number of esters is 1. The first-order valence-electron chi connectivity index (χ1n) is 8.92. The van der Waals surface area contributed by atoms with Crippen molar-refractivity contribution in [2.45, 2.75) is 13.1 Å². The molecular formula is C20H17F3N2O6. The Morgan fingerprint density at radius 1 is 1.10 bits per heavy atom. The molecule has 2 aromatic rings. The SMILES string of the molecule is C/C(=N\OCC(=O)OCC(=O)Nc1ccccc1C(F)(F)F)c1ccc2c(c1)OCO2. The number of halogens is 3. The molecule has 1 heterocycles. The highest BCUT2D eigenvalue weighted by molar-refractivity contribution is 5.99. The number of para-hydroxylation sites is 1. The zero-order chi connectivity index (χ0) is 22.4. The van der Waals surface area contributed by atoms with Crippen molar-refractivity contribution in [2.75, 3.05) is 25.3 Å². The summed E-state index contributed by atoms with van der Waals surface area (Å²) in [5.41, 5.74) is -0.310. The van der Waals surface area contributed by atoms with Crippen LogP contribution >= 0.6 is 0 Å². The van der Waals surface area contributed by atoms with Gasteiger partial charge in [-0.15, -0.1) is 0 Å². The lowest BCUT2D eigenvalue weighted by Crippen LogP contribution is -2.24. The maximum atomic E-state index is 12.9. The third-order valence-corrected chi connectivity index (χ3v) is 4.05. The Balaban J connectivity index is 1.45. The second-order valence-corrected chi connectivity index (χ2v) is 6.27. The minimum absolute atomic E-state index is 0.132. The first-order chi connectivity index (χ1) is 14.7. The van der Waals surface area contributed by atoms with Gasteiger partial charge in [0, 0.05) is 5.56 Å². The molecule has 0 saturated heterocycles. The average Bonchev–Trinajstić information content (AvgIpc) is 3.19. The van der Waals surface area contributed by atoms with Gasteiger partial charge in [-0.1, -0.05) is 17.3 Å². The van der Waals surface area contributed by atoms with Crippen LogP contribution in [0.15, 0.2) is 47.6 Å². The fraction of sp³-hybridized carbons (Fsp3) is 0.250. The maximum Gasteiger partial charge on any atom is 0.418 e. The van der Waals surface area contributed by atoms with E-state index in [1.807, 2.05) is 0 Å². The molecule has 0 aliphatic carbocycles. The lowest BCUT2D eigenvalue weighted by molar-refractivity contribution is -0.152. The van der Waals surface area contributed by atoms with Crippen LogP contribution in [0.5, 0.6) is 11.5 Å². The molecule has 0 spiro atoms. The minimum Gasteiger partial charge on any atom is -0.454 e. The van der Waals surface area contributed by atoms with Crippen molar-refractivity contribution in [3.63, 3.8) is 0 Å². The maximum absolute atomic E-state index is 12.9. The Morgan fingerprint density at radius 2 is 1.84 bits per heavy atom. The molecule has 0 fully saturated rings. The number of amides is 1. The van der Waals surface area contributed by atoms with Gasteiger partial charge in [-0.2, -0.15) is 13.2 Å². The van der Waals surface area contributed by atoms with E-state index in [4.69, 9.17) is 14.3 Å². The Morgan fingerprint density at radius 3 is 2.61 bits per heavy atom. The molecular weight excluding hydrogens is 421 g/mol. The van der Waals surface area contributed by atoms with Gasteiger partial charge < -0.3 is 24.4 Å². The number of anilines is 1. The summed E-state index contributed by atoms with van der Waals surface area (Å²) >= 11 is 0. The summed E-state index contributed by atoms with van der Waals surface area (Å²) in [6.45, 7) is 0.411. The van der Waals surface area contributed by atoms with Crippen molar-refractivity contribution in [1.82, 2.24) is 0 Å². The second-order valence-electron chi connectivity index (χ2n) is 6.27. The van der Waals surface area contributed by atoms with Crippen LogP contribution in [0.3, 0.4) is 0 Å². The van der Waals surface area contributed by atoms with Crippen LogP contribution in [0.4, 0.5) is 18.9 Å². The fourth-order valence-corrected chi connectivity index (χ4v) is 2.57. The molecule has 1 aliphatic rings. The van der Waals surface area contributed by atoms with E-state index in [9.17, 15) is 22.8 Å². The molecule has 0 saturated carbocycles. The number of oxime groups is 1. The van der Waals surface area contributed by atoms with E-state index in [1.165, 1.54) is 12.1 Å². The number of carbonyl (C=O) groups excluding carboxylic acids is 2. The largest absolute Gasteiger partial charge is 0.454 e. The highest BCUT2D eigenvalue weighted by atomic mass is 19.4. The van der Waals surface area contributed by atoms with E-state index in [0.29, 0.717) is 22.8 Å². The first-order valence-corrected chi connectivity index (χ1v) is 8.92. The molecule has 0 aromatic heterocycles. The van der Waals surface area contributed by atoms with Gasteiger partial charge in [0.15, 0.2) is 18.1 Å². The van der Waals surface area contributed by atoms with Gasteiger partial charge in [-0.3, -0.25) is 4.79 Å². The number of hydrogen-bond donors (Lipinski definition) is 1. The summed E-state index contributed by atoms with van der Waals surface area (Å²) in [5.74, 6) is -0.673. The number of carbonyl (C=O) groups is 2. The summed E-state index contributed by atoms with van der Waals surface area (Å²) in [5, 5.41) is 5.85. The number of alkyl halides is 3. The van der Waals surface area contributed by atoms with Crippen LogP contribution in [0.25, 0.3) is 0 Å². The minimum atomic E-state index is -4.64. The van der Waals surface area contributed by atoms with Crippen LogP contribution < -0.4 is 14.8 Å². The Kier molecular flexibility index (Phi) is 6.63. The zero-order valence-electron chi connectivity index (χ0n) is 16.2. The van der Waals surface area contributed by atoms with Crippen molar-refractivity contribution in [2.24, 2.45) is 5.16 Å². The van der Waals surface area contributed by atoms with Crippen molar-refractivity contribution >= 4 is 23.3 Å². The van der Waals surface area contributed by atoms with Gasteiger partial charge in [0.1, 0.15) is 0 Å². The standard InChI is InChI=1S/C20H17F3N2O6/c1-12(13-6-7-16-17(8-13)30-11-29-16)25-31-10-19(27)28-9-18(26)24-15-5-3-2-4-14(15)20(21,22)23/h2-8H,9-11H2,1H3,(H,24,26)/b25-12+. The molecule has 1 amide bonds. The third kappa shape index (κ3) is 5.87. The fourth-order valence-electron chi connectivity index (χ4n) is 2.57. The number of hydrogen-bond acceptors (Lipinski definition) is 7. The van der Waals surface area contributed by atoms with Crippen LogP contribution in [0.2, 0.25) is 0 Å². The molecule has 2 aromatic carbocycles. The van der Waals surface area contributed by atoms with E-state index < -0.39 is 42.5 Å². The quantitative estimate of drug-likeness (QED) is 0.405. The van der Waals surface area contributed by atoms with E-state index >= 15 is 0 Å². The van der Waals surface area contributed by atoms with Gasteiger partial charge in [-0.05, 0) is 37.3 Å². The molecule has 11 heteroatoms. The molecule has 1 aliphatic heterocycles. The molecule has 0 bridgehead atoms. The number of nitrogens with zero attached hydrogens (tertiary/aromatic N) is 1. The lowest BCUT2D eigenvalue weighted by atomic mass is 10.1. The van der Waals surface area contributed by atoms with E-state index in [-0.39, 0.29) is 6.79 Å². The zero-order valence-corrected chi connectivity index (χ0v) is 16.2. The average molecular weight is 438 g/mol. The molecule has 0 unspecified atom stereocenters. The van der Waals surface area contributed by atoms with E-state index in [1.54, 1.807) is 25.1 Å². The molecule has 0 atom stereocenters. The predicted molar refractivity (Wildman–Crippen MR) is 102 cm³/mol. The van der Waals surface area contributed by atoms with Crippen LogP contribution in [-0.4, -0.2) is 37.6 Å². The van der Waals surface area contributed by atoms with Gasteiger partial charge in [0.25, 0.3) is 5.91 Å². The van der Waals surface area contributed by atoms with Crippen molar-refractivity contribution < 1.29 is 41.8 Å². The summed E-state index contributed by atoms with van der Waals surface area (Å²) in [6.07, 6.45) is -4.64. The number of rotatable bonds is 7. The summed E-state index contributed by atoms with van der Waals surface area (Å²) < 4.78 is 53.9. The lowest BCUT2D eigenvalue weighted by Gasteiger charge is -2.13. The number of nitrogens with one attached hydrogen (secondary N) is 1. The Hall–Kier alpha value is -3.76. The molecule has 3 rings (SSSR count). The molecule has 164 valence electrons. The molecule has 1 N–H and O–H groups in total. The second kappa shape index (κ2) is 9.37. The Labute approximate surface area is 174 Å².